The Morgan fingerprint density at radius 2 is 2.14 bits per heavy atom. The van der Waals surface area contributed by atoms with Gasteiger partial charge in [0.2, 0.25) is 0 Å². The lowest BCUT2D eigenvalue weighted by molar-refractivity contribution is 0.0370. The van der Waals surface area contributed by atoms with E-state index in [0.29, 0.717) is 17.4 Å². The third kappa shape index (κ3) is 3.09. The van der Waals surface area contributed by atoms with Crippen LogP contribution >= 0.6 is 15.9 Å². The molecule has 2 saturated heterocycles. The van der Waals surface area contributed by atoms with Gasteiger partial charge in [-0.3, -0.25) is 9.69 Å². The Kier molecular flexibility index (Phi) is 4.50. The van der Waals surface area contributed by atoms with Crippen LogP contribution in [-0.4, -0.2) is 55.0 Å². The first-order valence-electron chi connectivity index (χ1n) is 7.56. The molecule has 0 N–H and O–H groups in total. The van der Waals surface area contributed by atoms with Gasteiger partial charge in [0, 0.05) is 30.1 Å². The highest BCUT2D eigenvalue weighted by atomic mass is 79.9. The SMILES string of the molecule is COc1cc(Br)ccc1C(=O)N1CCN2CCCCC2C1. The van der Waals surface area contributed by atoms with Crippen molar-refractivity contribution in [2.45, 2.75) is 25.3 Å². The zero-order valence-electron chi connectivity index (χ0n) is 12.3. The number of fused-ring (bicyclic) bond motifs is 1. The van der Waals surface area contributed by atoms with Crippen molar-refractivity contribution in [1.29, 1.82) is 0 Å². The average molecular weight is 353 g/mol. The Morgan fingerprint density at radius 3 is 2.95 bits per heavy atom. The number of piperidine rings is 1. The molecule has 2 aliphatic rings. The average Bonchev–Trinajstić information content (AvgIpc) is 2.53. The van der Waals surface area contributed by atoms with E-state index in [1.807, 2.05) is 23.1 Å². The molecule has 3 rings (SSSR count). The van der Waals surface area contributed by atoms with Gasteiger partial charge in [0.25, 0.3) is 5.91 Å². The molecular weight excluding hydrogens is 332 g/mol. The van der Waals surface area contributed by atoms with Gasteiger partial charge < -0.3 is 9.64 Å². The second kappa shape index (κ2) is 6.36. The van der Waals surface area contributed by atoms with Crippen LogP contribution in [-0.2, 0) is 0 Å². The number of piperazine rings is 1. The molecule has 0 spiro atoms. The first kappa shape index (κ1) is 14.9. The molecule has 2 aliphatic heterocycles. The fraction of sp³-hybridized carbons (Fsp3) is 0.562. The Labute approximate surface area is 134 Å². The van der Waals surface area contributed by atoms with E-state index < -0.39 is 0 Å². The molecule has 21 heavy (non-hydrogen) atoms. The second-order valence-corrected chi connectivity index (χ2v) is 6.70. The molecule has 0 radical (unpaired) electrons. The number of halogens is 1. The fourth-order valence-electron chi connectivity index (χ4n) is 3.35. The summed E-state index contributed by atoms with van der Waals surface area (Å²) in [7, 11) is 1.61. The third-order valence-corrected chi connectivity index (χ3v) is 5.01. The molecule has 1 atom stereocenters. The zero-order valence-corrected chi connectivity index (χ0v) is 13.9. The number of ether oxygens (including phenoxy) is 1. The highest BCUT2D eigenvalue weighted by molar-refractivity contribution is 9.10. The number of amides is 1. The van der Waals surface area contributed by atoms with E-state index in [2.05, 4.69) is 20.8 Å². The lowest BCUT2D eigenvalue weighted by atomic mass is 9.99. The van der Waals surface area contributed by atoms with E-state index in [9.17, 15) is 4.79 Å². The predicted octanol–water partition coefficient (Wildman–Crippen LogP) is 2.77. The Bertz CT molecular complexity index is 535. The largest absolute Gasteiger partial charge is 0.496 e. The van der Waals surface area contributed by atoms with Crippen LogP contribution < -0.4 is 4.74 Å². The van der Waals surface area contributed by atoms with Gasteiger partial charge in [0.1, 0.15) is 5.75 Å². The summed E-state index contributed by atoms with van der Waals surface area (Å²) in [6.45, 7) is 3.84. The van der Waals surface area contributed by atoms with Crippen LogP contribution in [0.5, 0.6) is 5.75 Å². The number of benzene rings is 1. The van der Waals surface area contributed by atoms with Crippen LogP contribution in [0.2, 0.25) is 0 Å². The summed E-state index contributed by atoms with van der Waals surface area (Å²) in [4.78, 5) is 17.3. The monoisotopic (exact) mass is 352 g/mol. The molecule has 2 fully saturated rings. The molecule has 1 aromatic carbocycles. The van der Waals surface area contributed by atoms with E-state index in [1.54, 1.807) is 7.11 Å². The van der Waals surface area contributed by atoms with Crippen molar-refractivity contribution < 1.29 is 9.53 Å². The maximum atomic E-state index is 12.8. The molecule has 0 bridgehead atoms. The summed E-state index contributed by atoms with van der Waals surface area (Å²) in [6, 6.07) is 6.13. The molecule has 5 heteroatoms. The van der Waals surface area contributed by atoms with Crippen molar-refractivity contribution in [3.63, 3.8) is 0 Å². The second-order valence-electron chi connectivity index (χ2n) is 5.78. The summed E-state index contributed by atoms with van der Waals surface area (Å²) in [5.74, 6) is 0.727. The number of hydrogen-bond acceptors (Lipinski definition) is 3. The molecule has 114 valence electrons. The van der Waals surface area contributed by atoms with Gasteiger partial charge >= 0.3 is 0 Å². The Morgan fingerprint density at radius 1 is 1.29 bits per heavy atom. The molecule has 4 nitrogen and oxygen atoms in total. The van der Waals surface area contributed by atoms with Gasteiger partial charge in [-0.1, -0.05) is 22.4 Å². The van der Waals surface area contributed by atoms with E-state index in [1.165, 1.54) is 25.8 Å². The summed E-state index contributed by atoms with van der Waals surface area (Å²) in [5.41, 5.74) is 0.657. The van der Waals surface area contributed by atoms with Gasteiger partial charge in [-0.05, 0) is 37.6 Å². The Balaban J connectivity index is 1.76. The highest BCUT2D eigenvalue weighted by Crippen LogP contribution is 2.27. The lowest BCUT2D eigenvalue weighted by Crippen LogP contribution is -2.56. The van der Waals surface area contributed by atoms with E-state index >= 15 is 0 Å². The smallest absolute Gasteiger partial charge is 0.257 e. The lowest BCUT2D eigenvalue weighted by Gasteiger charge is -2.44. The minimum atomic E-state index is 0.0876. The number of nitrogens with zero attached hydrogens (tertiary/aromatic N) is 2. The first-order chi connectivity index (χ1) is 10.2. The van der Waals surface area contributed by atoms with Gasteiger partial charge in [0.05, 0.1) is 12.7 Å². The predicted molar refractivity (Wildman–Crippen MR) is 85.8 cm³/mol. The maximum Gasteiger partial charge on any atom is 0.257 e. The van der Waals surface area contributed by atoms with Crippen molar-refractivity contribution in [3.8, 4) is 5.75 Å². The molecule has 1 amide bonds. The van der Waals surface area contributed by atoms with Crippen molar-refractivity contribution in [2.24, 2.45) is 0 Å². The number of carbonyl (C=O) groups excluding carboxylic acids is 1. The van der Waals surface area contributed by atoms with Crippen LogP contribution in [0.1, 0.15) is 29.6 Å². The normalized spacial score (nSPS) is 22.8. The zero-order chi connectivity index (χ0) is 14.8. The summed E-state index contributed by atoms with van der Waals surface area (Å²) < 4.78 is 6.28. The molecule has 2 heterocycles. The van der Waals surface area contributed by atoms with Crippen LogP contribution in [0.25, 0.3) is 0 Å². The maximum absolute atomic E-state index is 12.8. The van der Waals surface area contributed by atoms with E-state index in [-0.39, 0.29) is 5.91 Å². The minimum Gasteiger partial charge on any atom is -0.496 e. The summed E-state index contributed by atoms with van der Waals surface area (Å²) in [5, 5.41) is 0. The third-order valence-electron chi connectivity index (χ3n) is 4.52. The van der Waals surface area contributed by atoms with Gasteiger partial charge in [-0.15, -0.1) is 0 Å². The molecule has 0 aromatic heterocycles. The Hall–Kier alpha value is -1.07. The summed E-state index contributed by atoms with van der Waals surface area (Å²) >= 11 is 3.42. The van der Waals surface area contributed by atoms with Gasteiger partial charge in [0.15, 0.2) is 0 Å². The van der Waals surface area contributed by atoms with Crippen LogP contribution in [0.15, 0.2) is 22.7 Å². The van der Waals surface area contributed by atoms with Crippen LogP contribution in [0.4, 0.5) is 0 Å². The quantitative estimate of drug-likeness (QED) is 0.820. The van der Waals surface area contributed by atoms with Crippen LogP contribution in [0.3, 0.4) is 0 Å². The number of hydrogen-bond donors (Lipinski definition) is 0. The van der Waals surface area contributed by atoms with E-state index in [0.717, 1.165) is 24.1 Å². The highest BCUT2D eigenvalue weighted by Gasteiger charge is 2.32. The number of rotatable bonds is 2. The van der Waals surface area contributed by atoms with Gasteiger partial charge in [-0.25, -0.2) is 0 Å². The van der Waals surface area contributed by atoms with E-state index in [4.69, 9.17) is 4.74 Å². The number of methoxy groups -OCH3 is 1. The first-order valence-corrected chi connectivity index (χ1v) is 8.35. The molecular formula is C16H21BrN2O2. The molecule has 1 unspecified atom stereocenters. The van der Waals surface area contributed by atoms with Crippen molar-refractivity contribution in [3.05, 3.63) is 28.2 Å². The molecule has 1 aromatic rings. The molecule has 0 saturated carbocycles. The van der Waals surface area contributed by atoms with Gasteiger partial charge in [-0.2, -0.15) is 0 Å². The number of carbonyl (C=O) groups is 1. The van der Waals surface area contributed by atoms with Crippen molar-refractivity contribution in [1.82, 2.24) is 9.80 Å². The minimum absolute atomic E-state index is 0.0876. The van der Waals surface area contributed by atoms with Crippen LogP contribution in [0, 0.1) is 0 Å². The topological polar surface area (TPSA) is 32.8 Å². The standard InChI is InChI=1S/C16H21BrN2O2/c1-21-15-10-12(17)5-6-14(15)16(20)19-9-8-18-7-3-2-4-13(18)11-19/h5-6,10,13H,2-4,7-9,11H2,1H3. The van der Waals surface area contributed by atoms with Crippen molar-refractivity contribution >= 4 is 21.8 Å². The summed E-state index contributed by atoms with van der Waals surface area (Å²) in [6.07, 6.45) is 3.79. The fourth-order valence-corrected chi connectivity index (χ4v) is 3.69. The molecule has 0 aliphatic carbocycles. The van der Waals surface area contributed by atoms with Crippen molar-refractivity contribution in [2.75, 3.05) is 33.3 Å².